The number of hydrogen-bond acceptors (Lipinski definition) is 10. The first-order valence-electron chi connectivity index (χ1n) is 16.7. The Morgan fingerprint density at radius 1 is 1.14 bits per heavy atom. The van der Waals surface area contributed by atoms with E-state index in [2.05, 4.69) is 21.4 Å². The molecule has 0 radical (unpaired) electrons. The van der Waals surface area contributed by atoms with E-state index in [1.807, 2.05) is 30.9 Å². The molecule has 2 fully saturated rings. The molecule has 3 aliphatic rings. The standard InChI is InChI=1S/C37H37F2N7O3/c1-4-24-27(38)9-8-22-15-23(47)16-26(28(22)24)31-30(39)32-29-34(44-36(43-32)49-19-37-10-6-12-45(37)18-20(2)17-37)46(13-14-48-35(29)42-31)21(3)25-7-5-11-41-33(25)40/h5,7-9,11,15-16,21,47H,2,4,6,10,12-14,17-19H2,1,3H3,(H2,40,41)/t21-,37?/m1/s1. The minimum absolute atomic E-state index is 0.0163. The molecule has 10 nitrogen and oxygen atoms in total. The number of pyridine rings is 2. The predicted octanol–water partition coefficient (Wildman–Crippen LogP) is 6.50. The summed E-state index contributed by atoms with van der Waals surface area (Å²) in [6, 6.07) is 9.25. The predicted molar refractivity (Wildman–Crippen MR) is 184 cm³/mol. The van der Waals surface area contributed by atoms with Gasteiger partial charge >= 0.3 is 6.01 Å². The van der Waals surface area contributed by atoms with Gasteiger partial charge in [0.15, 0.2) is 5.82 Å². The average molecular weight is 666 g/mol. The number of phenols is 1. The Balaban J connectivity index is 1.34. The van der Waals surface area contributed by atoms with E-state index in [0.29, 0.717) is 47.5 Å². The van der Waals surface area contributed by atoms with Crippen molar-refractivity contribution in [3.05, 3.63) is 77.5 Å². The van der Waals surface area contributed by atoms with Gasteiger partial charge in [0.05, 0.1) is 18.1 Å². The lowest BCUT2D eigenvalue weighted by molar-refractivity contribution is 0.108. The summed E-state index contributed by atoms with van der Waals surface area (Å²) in [5, 5.41) is 12.0. The van der Waals surface area contributed by atoms with Gasteiger partial charge in [0.2, 0.25) is 5.88 Å². The Morgan fingerprint density at radius 3 is 2.82 bits per heavy atom. The van der Waals surface area contributed by atoms with Crippen molar-refractivity contribution in [2.45, 2.75) is 51.1 Å². The number of aromatic hydroxyl groups is 1. The molecule has 0 saturated carbocycles. The molecule has 0 spiro atoms. The lowest BCUT2D eigenvalue weighted by Gasteiger charge is -2.32. The van der Waals surface area contributed by atoms with Crippen molar-refractivity contribution in [3.8, 4) is 28.9 Å². The van der Waals surface area contributed by atoms with E-state index >= 15 is 8.78 Å². The van der Waals surface area contributed by atoms with Crippen molar-refractivity contribution in [1.82, 2.24) is 24.8 Å². The number of nitrogens with zero attached hydrogens (tertiary/aromatic N) is 6. The highest BCUT2D eigenvalue weighted by atomic mass is 19.1. The minimum Gasteiger partial charge on any atom is -0.508 e. The molecule has 8 rings (SSSR count). The Kier molecular flexibility index (Phi) is 7.51. The lowest BCUT2D eigenvalue weighted by atomic mass is 9.94. The lowest BCUT2D eigenvalue weighted by Crippen LogP contribution is -2.43. The van der Waals surface area contributed by atoms with Crippen LogP contribution in [0.5, 0.6) is 17.6 Å². The topological polar surface area (TPSA) is 123 Å². The molecule has 1 unspecified atom stereocenters. The summed E-state index contributed by atoms with van der Waals surface area (Å²) in [5.74, 6) is -0.409. The van der Waals surface area contributed by atoms with Gasteiger partial charge in [-0.2, -0.15) is 9.97 Å². The largest absolute Gasteiger partial charge is 0.508 e. The molecule has 0 bridgehead atoms. The molecule has 3 aromatic heterocycles. The van der Waals surface area contributed by atoms with Gasteiger partial charge in [0.1, 0.15) is 53.0 Å². The maximum absolute atomic E-state index is 17.2. The van der Waals surface area contributed by atoms with Crippen LogP contribution in [0.25, 0.3) is 32.9 Å². The molecular formula is C37H37F2N7O3. The molecule has 5 aromatic rings. The van der Waals surface area contributed by atoms with Crippen LogP contribution in [-0.4, -0.2) is 68.3 Å². The number of aryl methyl sites for hydroxylation is 1. The molecule has 3 aliphatic heterocycles. The Hall–Kier alpha value is -5.10. The quantitative estimate of drug-likeness (QED) is 0.186. The molecular weight excluding hydrogens is 628 g/mol. The fraction of sp³-hybridized carbons (Fsp3) is 0.351. The van der Waals surface area contributed by atoms with Gasteiger partial charge in [-0.05, 0) is 79.8 Å². The van der Waals surface area contributed by atoms with Gasteiger partial charge in [0, 0.05) is 23.9 Å². The summed E-state index contributed by atoms with van der Waals surface area (Å²) in [4.78, 5) is 22.9. The number of nitrogen functional groups attached to an aromatic ring is 1. The van der Waals surface area contributed by atoms with E-state index in [4.69, 9.17) is 25.2 Å². The van der Waals surface area contributed by atoms with Crippen molar-refractivity contribution in [1.29, 1.82) is 0 Å². The van der Waals surface area contributed by atoms with Gasteiger partial charge < -0.3 is 25.2 Å². The zero-order valence-electron chi connectivity index (χ0n) is 27.5. The highest BCUT2D eigenvalue weighted by molar-refractivity contribution is 6.03. The van der Waals surface area contributed by atoms with Crippen LogP contribution < -0.4 is 20.1 Å². The number of benzene rings is 2. The number of nitrogens with two attached hydrogens (primary N) is 1. The Morgan fingerprint density at radius 2 is 2.00 bits per heavy atom. The van der Waals surface area contributed by atoms with Crippen LogP contribution in [0, 0.1) is 11.6 Å². The maximum Gasteiger partial charge on any atom is 0.319 e. The number of ether oxygens (including phenoxy) is 2. The molecule has 2 aromatic carbocycles. The fourth-order valence-electron chi connectivity index (χ4n) is 8.01. The number of phenolic OH excluding ortho intramolecular Hbond substituents is 1. The van der Waals surface area contributed by atoms with Gasteiger partial charge in [-0.15, -0.1) is 0 Å². The number of fused-ring (bicyclic) bond motifs is 2. The molecule has 0 amide bonds. The third-order valence-corrected chi connectivity index (χ3v) is 10.3. The third kappa shape index (κ3) is 5.08. The second-order valence-corrected chi connectivity index (χ2v) is 13.3. The Labute approximate surface area is 282 Å². The molecule has 12 heteroatoms. The molecule has 0 aliphatic carbocycles. The molecule has 3 N–H and O–H groups in total. The Bertz CT molecular complexity index is 2160. The average Bonchev–Trinajstić information content (AvgIpc) is 3.55. The molecule has 2 atom stereocenters. The normalized spacial score (nSPS) is 19.7. The summed E-state index contributed by atoms with van der Waals surface area (Å²) in [7, 11) is 0. The van der Waals surface area contributed by atoms with E-state index in [1.165, 1.54) is 18.2 Å². The van der Waals surface area contributed by atoms with Crippen molar-refractivity contribution < 1.29 is 23.4 Å². The summed E-state index contributed by atoms with van der Waals surface area (Å²) in [6.45, 7) is 10.7. The van der Waals surface area contributed by atoms with Crippen molar-refractivity contribution >= 4 is 33.3 Å². The van der Waals surface area contributed by atoms with Gasteiger partial charge in [-0.25, -0.2) is 18.7 Å². The zero-order chi connectivity index (χ0) is 34.0. The minimum atomic E-state index is -0.764. The zero-order valence-corrected chi connectivity index (χ0v) is 27.5. The molecule has 6 heterocycles. The number of rotatable bonds is 7. The maximum atomic E-state index is 17.2. The first-order chi connectivity index (χ1) is 23.7. The number of aromatic nitrogens is 4. The summed E-state index contributed by atoms with van der Waals surface area (Å²) in [6.07, 6.45) is 4.81. The van der Waals surface area contributed by atoms with E-state index in [0.717, 1.165) is 43.5 Å². The van der Waals surface area contributed by atoms with Crippen LogP contribution in [0.2, 0.25) is 0 Å². The van der Waals surface area contributed by atoms with E-state index in [1.54, 1.807) is 12.3 Å². The van der Waals surface area contributed by atoms with Crippen LogP contribution >= 0.6 is 0 Å². The van der Waals surface area contributed by atoms with Crippen molar-refractivity contribution in [3.63, 3.8) is 0 Å². The molecule has 2 saturated heterocycles. The highest BCUT2D eigenvalue weighted by Crippen LogP contribution is 2.45. The second-order valence-electron chi connectivity index (χ2n) is 13.3. The van der Waals surface area contributed by atoms with E-state index < -0.39 is 11.6 Å². The van der Waals surface area contributed by atoms with Crippen LogP contribution in [-0.2, 0) is 6.42 Å². The summed E-state index contributed by atoms with van der Waals surface area (Å²) < 4.78 is 45.0. The van der Waals surface area contributed by atoms with E-state index in [-0.39, 0.29) is 58.0 Å². The highest BCUT2D eigenvalue weighted by Gasteiger charge is 2.46. The number of halogens is 2. The van der Waals surface area contributed by atoms with E-state index in [9.17, 15) is 5.11 Å². The second kappa shape index (κ2) is 11.8. The summed E-state index contributed by atoms with van der Waals surface area (Å²) in [5.41, 5.74) is 8.48. The van der Waals surface area contributed by atoms with Gasteiger partial charge in [0.25, 0.3) is 0 Å². The SMILES string of the molecule is C=C1CN2CCCC2(COc2nc3c4c(nc(-c5cc(O)cc6ccc(F)c(CC)c56)c(F)c4n2)OCCN3[C@H](C)c2cccnc2N)C1. The molecule has 252 valence electrons. The monoisotopic (exact) mass is 665 g/mol. The van der Waals surface area contributed by atoms with Crippen LogP contribution in [0.3, 0.4) is 0 Å². The summed E-state index contributed by atoms with van der Waals surface area (Å²) >= 11 is 0. The first-order valence-corrected chi connectivity index (χ1v) is 16.7. The first kappa shape index (κ1) is 31.2. The number of anilines is 2. The molecule has 49 heavy (non-hydrogen) atoms. The fourth-order valence-corrected chi connectivity index (χ4v) is 8.01. The van der Waals surface area contributed by atoms with Crippen LogP contribution in [0.4, 0.5) is 20.4 Å². The number of hydrogen-bond donors (Lipinski definition) is 2. The smallest absolute Gasteiger partial charge is 0.319 e. The van der Waals surface area contributed by atoms with Gasteiger partial charge in [-0.3, -0.25) is 4.90 Å². The van der Waals surface area contributed by atoms with Crippen molar-refractivity contribution in [2.24, 2.45) is 0 Å². The van der Waals surface area contributed by atoms with Crippen LogP contribution in [0.15, 0.2) is 54.7 Å². The van der Waals surface area contributed by atoms with Gasteiger partial charge in [-0.1, -0.05) is 31.2 Å². The van der Waals surface area contributed by atoms with Crippen molar-refractivity contribution in [2.75, 3.05) is 43.5 Å². The van der Waals surface area contributed by atoms with Crippen LogP contribution in [0.1, 0.15) is 50.3 Å². The third-order valence-electron chi connectivity index (χ3n) is 10.3.